The van der Waals surface area contributed by atoms with Crippen molar-refractivity contribution in [3.8, 4) is 0 Å². The molecule has 0 atom stereocenters. The van der Waals surface area contributed by atoms with E-state index in [2.05, 4.69) is 13.8 Å². The Hall–Kier alpha value is -0.920. The van der Waals surface area contributed by atoms with Gasteiger partial charge in [-0.3, -0.25) is 4.79 Å². The predicted molar refractivity (Wildman–Crippen MR) is 69.4 cm³/mol. The maximum Gasteiger partial charge on any atom is 0.152 e. The lowest BCUT2D eigenvalue weighted by atomic mass is 10.1. The van der Waals surface area contributed by atoms with Gasteiger partial charge in [-0.2, -0.15) is 0 Å². The van der Waals surface area contributed by atoms with Gasteiger partial charge in [0, 0.05) is 6.42 Å². The van der Waals surface area contributed by atoms with E-state index in [1.165, 1.54) is 0 Å². The van der Waals surface area contributed by atoms with Gasteiger partial charge in [-0.1, -0.05) is 33.8 Å². The maximum atomic E-state index is 10.3. The van der Waals surface area contributed by atoms with Crippen molar-refractivity contribution in [2.45, 2.75) is 54.4 Å². The van der Waals surface area contributed by atoms with Crippen LogP contribution in [0.3, 0.4) is 0 Å². The number of rotatable bonds is 5. The quantitative estimate of drug-likeness (QED) is 0.668. The molecular weight excluding hydrogens is 200 g/mol. The molecule has 2 nitrogen and oxygen atoms in total. The van der Waals surface area contributed by atoms with Crippen LogP contribution >= 0.6 is 0 Å². The Morgan fingerprint density at radius 2 is 1.56 bits per heavy atom. The number of allylic oxidation sites excluding steroid dienone is 2. The van der Waals surface area contributed by atoms with E-state index in [1.54, 1.807) is 19.9 Å². The van der Waals surface area contributed by atoms with Crippen molar-refractivity contribution >= 4 is 11.6 Å². The Balaban J connectivity index is 0. The molecule has 0 rings (SSSR count). The molecule has 0 fully saturated rings. The van der Waals surface area contributed by atoms with Crippen molar-refractivity contribution in [3.05, 3.63) is 12.2 Å². The Morgan fingerprint density at radius 3 is 1.69 bits per heavy atom. The van der Waals surface area contributed by atoms with E-state index in [9.17, 15) is 9.59 Å². The van der Waals surface area contributed by atoms with Crippen molar-refractivity contribution in [2.24, 2.45) is 11.8 Å². The molecule has 0 aliphatic rings. The van der Waals surface area contributed by atoms with Gasteiger partial charge in [0.2, 0.25) is 0 Å². The summed E-state index contributed by atoms with van der Waals surface area (Å²) in [5.41, 5.74) is 0. The molecule has 0 aromatic rings. The normalized spacial score (nSPS) is 10.5. The molecule has 0 unspecified atom stereocenters. The van der Waals surface area contributed by atoms with Gasteiger partial charge in [0.05, 0.1) is 0 Å². The summed E-state index contributed by atoms with van der Waals surface area (Å²) in [6.45, 7) is 11.5. The Bertz CT molecular complexity index is 225. The first-order chi connectivity index (χ1) is 7.25. The van der Waals surface area contributed by atoms with Crippen molar-refractivity contribution in [1.82, 2.24) is 0 Å². The summed E-state index contributed by atoms with van der Waals surface area (Å²) < 4.78 is 0. The summed E-state index contributed by atoms with van der Waals surface area (Å²) in [6.07, 6.45) is 5.28. The number of hydrogen-bond acceptors (Lipinski definition) is 2. The Morgan fingerprint density at radius 1 is 1.06 bits per heavy atom. The zero-order valence-corrected chi connectivity index (χ0v) is 11.5. The molecule has 0 bridgehead atoms. The summed E-state index contributed by atoms with van der Waals surface area (Å²) >= 11 is 0. The van der Waals surface area contributed by atoms with Crippen molar-refractivity contribution in [3.63, 3.8) is 0 Å². The number of hydrogen-bond donors (Lipinski definition) is 0. The first-order valence-corrected chi connectivity index (χ1v) is 5.93. The molecule has 94 valence electrons. The number of carbonyl (C=O) groups excluding carboxylic acids is 2. The molecule has 16 heavy (non-hydrogen) atoms. The van der Waals surface area contributed by atoms with Gasteiger partial charge in [0.25, 0.3) is 0 Å². The van der Waals surface area contributed by atoms with Crippen LogP contribution in [0.25, 0.3) is 0 Å². The molecular formula is C14H26O2. The van der Waals surface area contributed by atoms with Crippen molar-refractivity contribution in [2.75, 3.05) is 0 Å². The highest BCUT2D eigenvalue weighted by Crippen LogP contribution is 2.02. The minimum Gasteiger partial charge on any atom is -0.300 e. The third kappa shape index (κ3) is 23.2. The summed E-state index contributed by atoms with van der Waals surface area (Å²) in [4.78, 5) is 20.6. The van der Waals surface area contributed by atoms with Crippen LogP contribution in [0.4, 0.5) is 0 Å². The second-order valence-corrected chi connectivity index (χ2v) is 4.85. The standard InChI is InChI=1S/C7H14O.C7H12O/c2*1-6(2)4-5-7(3)8/h6H,4-5H2,1-3H3;4-6H,1-3H3/b;5-4+. The number of Topliss-reactive ketones (excluding diaryl/α,β-unsaturated/α-hetero) is 1. The molecule has 0 aromatic heterocycles. The largest absolute Gasteiger partial charge is 0.300 e. The molecule has 0 radical (unpaired) electrons. The maximum absolute atomic E-state index is 10.3. The molecule has 0 aliphatic carbocycles. The summed E-state index contributed by atoms with van der Waals surface area (Å²) in [6, 6.07) is 0. The second-order valence-electron chi connectivity index (χ2n) is 4.85. The highest BCUT2D eigenvalue weighted by molar-refractivity contribution is 5.87. The number of ketones is 2. The molecule has 0 spiro atoms. The molecule has 0 aromatic carbocycles. The lowest BCUT2D eigenvalue weighted by Crippen LogP contribution is -1.93. The van der Waals surface area contributed by atoms with Gasteiger partial charge in [-0.25, -0.2) is 0 Å². The van der Waals surface area contributed by atoms with E-state index in [0.717, 1.165) is 12.8 Å². The lowest BCUT2D eigenvalue weighted by molar-refractivity contribution is -0.117. The van der Waals surface area contributed by atoms with Crippen LogP contribution in [0.2, 0.25) is 0 Å². The molecule has 0 N–H and O–H groups in total. The predicted octanol–water partition coefficient (Wildman–Crippen LogP) is 3.80. The third-order valence-corrected chi connectivity index (χ3v) is 1.79. The Labute approximate surface area is 100 Å². The van der Waals surface area contributed by atoms with E-state index in [4.69, 9.17) is 0 Å². The van der Waals surface area contributed by atoms with Gasteiger partial charge in [-0.05, 0) is 38.2 Å². The van der Waals surface area contributed by atoms with Crippen molar-refractivity contribution < 1.29 is 9.59 Å². The molecule has 0 saturated carbocycles. The SMILES string of the molecule is CC(=O)/C=C/C(C)C.CC(=O)CCC(C)C. The summed E-state index contributed by atoms with van der Waals surface area (Å²) in [5, 5.41) is 0. The molecule has 0 saturated heterocycles. The fourth-order valence-electron chi connectivity index (χ4n) is 0.820. The highest BCUT2D eigenvalue weighted by atomic mass is 16.1. The average molecular weight is 226 g/mol. The van der Waals surface area contributed by atoms with E-state index in [1.807, 2.05) is 19.9 Å². The number of carbonyl (C=O) groups is 2. The third-order valence-electron chi connectivity index (χ3n) is 1.79. The van der Waals surface area contributed by atoms with Crippen LogP contribution in [0, 0.1) is 11.8 Å². The topological polar surface area (TPSA) is 34.1 Å². The van der Waals surface area contributed by atoms with Gasteiger partial charge >= 0.3 is 0 Å². The second kappa shape index (κ2) is 10.6. The summed E-state index contributed by atoms with van der Waals surface area (Å²) in [7, 11) is 0. The highest BCUT2D eigenvalue weighted by Gasteiger charge is 1.95. The average Bonchev–Trinajstić information content (AvgIpc) is 2.12. The molecule has 0 amide bonds. The van der Waals surface area contributed by atoms with Crippen LogP contribution in [0.1, 0.15) is 54.4 Å². The van der Waals surface area contributed by atoms with E-state index in [0.29, 0.717) is 17.6 Å². The monoisotopic (exact) mass is 226 g/mol. The fourth-order valence-corrected chi connectivity index (χ4v) is 0.820. The first kappa shape index (κ1) is 17.5. The minimum absolute atomic E-state index is 0.124. The Kier molecular flexibility index (Phi) is 11.6. The van der Waals surface area contributed by atoms with Gasteiger partial charge in [-0.15, -0.1) is 0 Å². The zero-order valence-electron chi connectivity index (χ0n) is 11.5. The van der Waals surface area contributed by atoms with Gasteiger partial charge < -0.3 is 4.79 Å². The fraction of sp³-hybridized carbons (Fsp3) is 0.714. The lowest BCUT2D eigenvalue weighted by Gasteiger charge is -1.98. The molecule has 0 heterocycles. The van der Waals surface area contributed by atoms with Crippen LogP contribution in [0.5, 0.6) is 0 Å². The van der Waals surface area contributed by atoms with Gasteiger partial charge in [0.1, 0.15) is 5.78 Å². The summed E-state index contributed by atoms with van der Waals surface area (Å²) in [5.74, 6) is 1.58. The van der Waals surface area contributed by atoms with E-state index < -0.39 is 0 Å². The van der Waals surface area contributed by atoms with Gasteiger partial charge in [0.15, 0.2) is 5.78 Å². The van der Waals surface area contributed by atoms with E-state index >= 15 is 0 Å². The van der Waals surface area contributed by atoms with Crippen molar-refractivity contribution in [1.29, 1.82) is 0 Å². The molecule has 2 heteroatoms. The van der Waals surface area contributed by atoms with E-state index in [-0.39, 0.29) is 5.78 Å². The smallest absolute Gasteiger partial charge is 0.152 e. The van der Waals surface area contributed by atoms with Crippen LogP contribution < -0.4 is 0 Å². The van der Waals surface area contributed by atoms with Crippen LogP contribution in [-0.4, -0.2) is 11.6 Å². The minimum atomic E-state index is 0.124. The zero-order chi connectivity index (χ0) is 13.1. The first-order valence-electron chi connectivity index (χ1n) is 5.93. The van der Waals surface area contributed by atoms with Crippen LogP contribution in [0.15, 0.2) is 12.2 Å². The molecule has 0 aliphatic heterocycles. The van der Waals surface area contributed by atoms with Crippen LogP contribution in [-0.2, 0) is 9.59 Å².